The number of nitrogens with zero attached hydrogens (tertiary/aromatic N) is 3. The third kappa shape index (κ3) is 4.70. The van der Waals surface area contributed by atoms with Gasteiger partial charge < -0.3 is 5.32 Å². The van der Waals surface area contributed by atoms with Crippen LogP contribution in [0.2, 0.25) is 0 Å². The molecule has 25 heavy (non-hydrogen) atoms. The summed E-state index contributed by atoms with van der Waals surface area (Å²) in [5.41, 5.74) is 0.741. The lowest BCUT2D eigenvalue weighted by Gasteiger charge is -2.16. The van der Waals surface area contributed by atoms with Gasteiger partial charge in [0.05, 0.1) is 33.0 Å². The van der Waals surface area contributed by atoms with Gasteiger partial charge in [0.1, 0.15) is 0 Å². The van der Waals surface area contributed by atoms with Gasteiger partial charge in [-0.05, 0) is 24.5 Å². The number of nitro groups is 3. The summed E-state index contributed by atoms with van der Waals surface area (Å²) >= 11 is 0. The minimum atomic E-state index is -0.931. The first kappa shape index (κ1) is 17.8. The number of rotatable bonds is 3. The van der Waals surface area contributed by atoms with Gasteiger partial charge in [0.15, 0.2) is 0 Å². The monoisotopic (exact) mass is 346 g/mol. The summed E-state index contributed by atoms with van der Waals surface area (Å²) in [7, 11) is 0. The van der Waals surface area contributed by atoms with Crippen molar-refractivity contribution < 1.29 is 14.8 Å². The van der Waals surface area contributed by atoms with E-state index >= 15 is 0 Å². The molecule has 0 saturated heterocycles. The maximum Gasteiger partial charge on any atom is 0.283 e. The van der Waals surface area contributed by atoms with Gasteiger partial charge in [-0.2, -0.15) is 0 Å². The molecule has 1 N–H and O–H groups in total. The predicted molar refractivity (Wildman–Crippen MR) is 89.7 cm³/mol. The van der Waals surface area contributed by atoms with Crippen molar-refractivity contribution >= 4 is 22.7 Å². The molecule has 0 aromatic heterocycles. The molecule has 2 aromatic rings. The quantitative estimate of drug-likeness (QED) is 0.662. The molecule has 10 nitrogen and oxygen atoms in total. The van der Waals surface area contributed by atoms with E-state index in [9.17, 15) is 30.3 Å². The van der Waals surface area contributed by atoms with E-state index in [1.165, 1.54) is 24.1 Å². The Kier molecular flexibility index (Phi) is 5.56. The van der Waals surface area contributed by atoms with Crippen molar-refractivity contribution in [3.8, 4) is 0 Å². The molecule has 0 amide bonds. The molecule has 3 rings (SSSR count). The first-order valence-corrected chi connectivity index (χ1v) is 7.28. The fraction of sp³-hybridized carbons (Fsp3) is 0.200. The van der Waals surface area contributed by atoms with E-state index in [1.54, 1.807) is 0 Å². The van der Waals surface area contributed by atoms with Crippen molar-refractivity contribution in [2.45, 2.75) is 12.8 Å². The minimum Gasteiger partial charge on any atom is -0.385 e. The van der Waals surface area contributed by atoms with Gasteiger partial charge in [0.2, 0.25) is 0 Å². The second kappa shape index (κ2) is 7.81. The van der Waals surface area contributed by atoms with Crippen LogP contribution in [0.4, 0.5) is 22.7 Å². The van der Waals surface area contributed by atoms with E-state index in [0.29, 0.717) is 18.2 Å². The van der Waals surface area contributed by atoms with E-state index in [-0.39, 0.29) is 0 Å². The summed E-state index contributed by atoms with van der Waals surface area (Å²) in [6.45, 7) is 1.14. The average molecular weight is 346 g/mol. The van der Waals surface area contributed by atoms with Crippen LogP contribution in [-0.4, -0.2) is 21.3 Å². The average Bonchev–Trinajstić information content (AvgIpc) is 2.61. The second-order valence-electron chi connectivity index (χ2n) is 5.17. The van der Waals surface area contributed by atoms with Crippen LogP contribution in [-0.2, 0) is 6.42 Å². The normalized spacial score (nSPS) is 12.0. The molecule has 0 radical (unpaired) electrons. The molecule has 2 aromatic carbocycles. The number of para-hydroxylation sites is 1. The largest absolute Gasteiger partial charge is 0.385 e. The molecule has 1 heterocycles. The van der Waals surface area contributed by atoms with Crippen molar-refractivity contribution in [2.24, 2.45) is 0 Å². The number of aryl methyl sites for hydroxylation is 1. The summed E-state index contributed by atoms with van der Waals surface area (Å²) in [5.74, 6) is 0. The van der Waals surface area contributed by atoms with Crippen molar-refractivity contribution in [3.05, 3.63) is 78.4 Å². The smallest absolute Gasteiger partial charge is 0.283 e. The highest BCUT2D eigenvalue weighted by Gasteiger charge is 2.21. The summed E-state index contributed by atoms with van der Waals surface area (Å²) in [6.07, 6.45) is 2.51. The van der Waals surface area contributed by atoms with Crippen molar-refractivity contribution in [3.63, 3.8) is 0 Å². The maximum absolute atomic E-state index is 10.3. The fourth-order valence-corrected chi connectivity index (χ4v) is 2.31. The number of hydrogen-bond donors (Lipinski definition) is 1. The van der Waals surface area contributed by atoms with Crippen LogP contribution in [0.3, 0.4) is 0 Å². The maximum atomic E-state index is 10.3. The molecule has 0 aliphatic carbocycles. The van der Waals surface area contributed by atoms with Crippen molar-refractivity contribution in [1.82, 2.24) is 0 Å². The molecular weight excluding hydrogens is 332 g/mol. The van der Waals surface area contributed by atoms with Crippen molar-refractivity contribution in [2.75, 3.05) is 11.9 Å². The van der Waals surface area contributed by atoms with Gasteiger partial charge in [-0.25, -0.2) is 0 Å². The third-order valence-corrected chi connectivity index (χ3v) is 3.48. The molecule has 0 atom stereocenters. The van der Waals surface area contributed by atoms with Crippen LogP contribution >= 0.6 is 0 Å². The molecule has 10 heteroatoms. The first-order chi connectivity index (χ1) is 11.9. The van der Waals surface area contributed by atoms with Crippen molar-refractivity contribution in [1.29, 1.82) is 0 Å². The summed E-state index contributed by atoms with van der Waals surface area (Å²) < 4.78 is 0. The number of anilines is 1. The second-order valence-corrected chi connectivity index (χ2v) is 5.17. The zero-order valence-corrected chi connectivity index (χ0v) is 13.0. The van der Waals surface area contributed by atoms with Gasteiger partial charge in [-0.3, -0.25) is 30.3 Å². The van der Waals surface area contributed by atoms with E-state index < -0.39 is 31.8 Å². The van der Waals surface area contributed by atoms with Crippen LogP contribution in [0.25, 0.3) is 0 Å². The number of benzene rings is 2. The van der Waals surface area contributed by atoms with E-state index in [1.807, 2.05) is 0 Å². The van der Waals surface area contributed by atoms with Gasteiger partial charge in [0, 0.05) is 12.2 Å². The SMILES string of the molecule is O=[N+]([O-])c1cc([N+](=O)[O-])cc([N+](=O)[O-])c1.c1ccc2c(c1)CCCN2. The Morgan fingerprint density at radius 1 is 0.800 bits per heavy atom. The molecule has 0 saturated carbocycles. The van der Waals surface area contributed by atoms with Crippen LogP contribution < -0.4 is 5.32 Å². The molecular formula is C15H14N4O6. The zero-order valence-electron chi connectivity index (χ0n) is 13.0. The highest BCUT2D eigenvalue weighted by atomic mass is 16.6. The Morgan fingerprint density at radius 3 is 1.72 bits per heavy atom. The summed E-state index contributed by atoms with van der Waals surface area (Å²) in [6, 6.07) is 10.5. The molecule has 130 valence electrons. The molecule has 1 aliphatic rings. The Bertz CT molecular complexity index is 719. The number of hydrogen-bond acceptors (Lipinski definition) is 7. The fourth-order valence-electron chi connectivity index (χ4n) is 2.31. The Balaban J connectivity index is 0.000000194. The van der Waals surface area contributed by atoms with Gasteiger partial charge in [-0.15, -0.1) is 0 Å². The molecule has 0 spiro atoms. The number of fused-ring (bicyclic) bond motifs is 1. The standard InChI is InChI=1S/C9H11N.C6H3N3O6/c1-2-6-9-8(4-1)5-3-7-10-9;10-7(11)4-1-5(8(12)13)3-6(2-4)9(14)15/h1-2,4,6,10H,3,5,7H2;1-3H. The van der Waals surface area contributed by atoms with Gasteiger partial charge in [0.25, 0.3) is 17.1 Å². The van der Waals surface area contributed by atoms with Crippen LogP contribution in [0.1, 0.15) is 12.0 Å². The van der Waals surface area contributed by atoms with E-state index in [4.69, 9.17) is 0 Å². The van der Waals surface area contributed by atoms with Crippen LogP contribution in [0.15, 0.2) is 42.5 Å². The predicted octanol–water partition coefficient (Wildman–Crippen LogP) is 3.46. The minimum absolute atomic E-state index is 0.660. The van der Waals surface area contributed by atoms with Crippen LogP contribution in [0.5, 0.6) is 0 Å². The zero-order chi connectivity index (χ0) is 18.4. The highest BCUT2D eigenvalue weighted by molar-refractivity contribution is 5.53. The molecule has 1 aliphatic heterocycles. The Labute approximate surface area is 141 Å². The molecule has 0 unspecified atom stereocenters. The molecule has 0 bridgehead atoms. The number of nitro benzene ring substituents is 3. The van der Waals surface area contributed by atoms with E-state index in [2.05, 4.69) is 29.6 Å². The number of non-ortho nitro benzene ring substituents is 3. The lowest BCUT2D eigenvalue weighted by atomic mass is 10.0. The molecule has 0 fully saturated rings. The third-order valence-electron chi connectivity index (χ3n) is 3.48. The lowest BCUT2D eigenvalue weighted by molar-refractivity contribution is -0.403. The van der Waals surface area contributed by atoms with E-state index in [0.717, 1.165) is 6.54 Å². The topological polar surface area (TPSA) is 141 Å². The summed E-state index contributed by atoms with van der Waals surface area (Å²) in [4.78, 5) is 28.1. The van der Waals surface area contributed by atoms with Crippen LogP contribution in [0, 0.1) is 30.3 Å². The first-order valence-electron chi connectivity index (χ1n) is 7.28. The Hall–Kier alpha value is -3.56. The van der Waals surface area contributed by atoms with Gasteiger partial charge in [-0.1, -0.05) is 18.2 Å². The number of nitrogens with one attached hydrogen (secondary N) is 1. The highest BCUT2D eigenvalue weighted by Crippen LogP contribution is 2.26. The summed E-state index contributed by atoms with van der Waals surface area (Å²) in [5, 5.41) is 34.3. The van der Waals surface area contributed by atoms with Gasteiger partial charge >= 0.3 is 0 Å². The lowest BCUT2D eigenvalue weighted by Crippen LogP contribution is -2.10. The Morgan fingerprint density at radius 2 is 1.28 bits per heavy atom.